The number of nitrogens with zero attached hydrogens (tertiary/aromatic N) is 2. The van der Waals surface area contributed by atoms with E-state index in [-0.39, 0.29) is 5.78 Å². The lowest BCUT2D eigenvalue weighted by Gasteiger charge is -2.30. The topological polar surface area (TPSA) is 42.0 Å². The molecular weight excluding hydrogens is 520 g/mol. The smallest absolute Gasteiger partial charge is 0.194 e. The van der Waals surface area contributed by atoms with E-state index in [1.807, 2.05) is 36.4 Å². The van der Waals surface area contributed by atoms with Crippen LogP contribution in [0.5, 0.6) is 11.5 Å². The zero-order chi connectivity index (χ0) is 28.9. The third kappa shape index (κ3) is 5.87. The third-order valence-electron chi connectivity index (χ3n) is 8.74. The van der Waals surface area contributed by atoms with Crippen molar-refractivity contribution < 1.29 is 14.3 Å². The monoisotopic (exact) mass is 560 g/mol. The van der Waals surface area contributed by atoms with Crippen molar-refractivity contribution in [2.45, 2.75) is 38.5 Å². The highest BCUT2D eigenvalue weighted by Crippen LogP contribution is 2.36. The molecule has 0 spiro atoms. The summed E-state index contributed by atoms with van der Waals surface area (Å²) < 4.78 is 10.9. The second-order valence-electron chi connectivity index (χ2n) is 11.3. The van der Waals surface area contributed by atoms with E-state index < -0.39 is 0 Å². The van der Waals surface area contributed by atoms with Crippen LogP contribution in [0.4, 0.5) is 11.4 Å². The summed E-state index contributed by atoms with van der Waals surface area (Å²) in [5.41, 5.74) is 7.68. The van der Waals surface area contributed by atoms with Crippen LogP contribution in [-0.2, 0) is 0 Å². The molecule has 2 aliphatic rings. The maximum absolute atomic E-state index is 14.6. The summed E-state index contributed by atoms with van der Waals surface area (Å²) in [4.78, 5) is 19.5. The van der Waals surface area contributed by atoms with E-state index in [0.717, 1.165) is 59.9 Å². The predicted molar refractivity (Wildman–Crippen MR) is 172 cm³/mol. The highest BCUT2D eigenvalue weighted by Gasteiger charge is 2.23. The van der Waals surface area contributed by atoms with Gasteiger partial charge in [-0.05, 0) is 121 Å². The van der Waals surface area contributed by atoms with Gasteiger partial charge in [0.1, 0.15) is 11.5 Å². The van der Waals surface area contributed by atoms with Crippen molar-refractivity contribution in [3.63, 3.8) is 0 Å². The van der Waals surface area contributed by atoms with Crippen LogP contribution in [-0.4, -0.2) is 46.2 Å². The number of hydrogen-bond donors (Lipinski definition) is 0. The van der Waals surface area contributed by atoms with E-state index in [4.69, 9.17) is 9.47 Å². The molecule has 0 bridgehead atoms. The number of benzene rings is 4. The molecule has 4 aromatic rings. The van der Waals surface area contributed by atoms with Gasteiger partial charge in [0.05, 0.1) is 14.2 Å². The van der Waals surface area contributed by atoms with Crippen molar-refractivity contribution in [3.05, 3.63) is 96.1 Å². The lowest BCUT2D eigenvalue weighted by atomic mass is 9.89. The van der Waals surface area contributed by atoms with Crippen LogP contribution >= 0.6 is 0 Å². The minimum Gasteiger partial charge on any atom is -0.497 e. The molecule has 0 atom stereocenters. The SMILES string of the molecule is COc1ccc(-c2cc(N3CCCCC3)ccc2C(=O)c2ccc(N3CCCCC3)cc2-c2ccc(OC)cc2)cc1. The summed E-state index contributed by atoms with van der Waals surface area (Å²) in [6.45, 7) is 4.20. The Morgan fingerprint density at radius 3 is 1.26 bits per heavy atom. The van der Waals surface area contributed by atoms with Crippen LogP contribution in [0.15, 0.2) is 84.9 Å². The van der Waals surface area contributed by atoms with Crippen molar-refractivity contribution in [3.8, 4) is 33.8 Å². The Morgan fingerprint density at radius 1 is 0.524 bits per heavy atom. The maximum atomic E-state index is 14.6. The number of ketones is 1. The number of methoxy groups -OCH3 is 2. The zero-order valence-electron chi connectivity index (χ0n) is 24.8. The molecule has 4 aromatic carbocycles. The van der Waals surface area contributed by atoms with Gasteiger partial charge in [-0.1, -0.05) is 24.3 Å². The zero-order valence-corrected chi connectivity index (χ0v) is 24.8. The van der Waals surface area contributed by atoms with Crippen LogP contribution in [0.25, 0.3) is 22.3 Å². The Hall–Kier alpha value is -4.25. The second kappa shape index (κ2) is 12.7. The van der Waals surface area contributed by atoms with Crippen LogP contribution in [0, 0.1) is 0 Å². The van der Waals surface area contributed by atoms with Gasteiger partial charge in [0.25, 0.3) is 0 Å². The van der Waals surface area contributed by atoms with Crippen molar-refractivity contribution in [1.82, 2.24) is 0 Å². The number of hydrogen-bond acceptors (Lipinski definition) is 5. The molecule has 216 valence electrons. The molecule has 0 aromatic heterocycles. The van der Waals surface area contributed by atoms with Gasteiger partial charge in [-0.2, -0.15) is 0 Å². The molecule has 2 aliphatic heterocycles. The van der Waals surface area contributed by atoms with Crippen LogP contribution < -0.4 is 19.3 Å². The Labute approximate surface area is 249 Å². The van der Waals surface area contributed by atoms with Gasteiger partial charge in [-0.3, -0.25) is 4.79 Å². The maximum Gasteiger partial charge on any atom is 0.194 e. The van der Waals surface area contributed by atoms with Gasteiger partial charge in [-0.15, -0.1) is 0 Å². The Balaban J connectivity index is 1.45. The minimum atomic E-state index is 0.0297. The lowest BCUT2D eigenvalue weighted by molar-refractivity contribution is 0.104. The van der Waals surface area contributed by atoms with Gasteiger partial charge in [0.15, 0.2) is 5.78 Å². The molecule has 0 amide bonds. The van der Waals surface area contributed by atoms with Crippen LogP contribution in [0.2, 0.25) is 0 Å². The second-order valence-corrected chi connectivity index (χ2v) is 11.3. The summed E-state index contributed by atoms with van der Waals surface area (Å²) in [5, 5.41) is 0. The third-order valence-corrected chi connectivity index (χ3v) is 8.74. The molecule has 2 saturated heterocycles. The van der Waals surface area contributed by atoms with E-state index in [9.17, 15) is 4.79 Å². The van der Waals surface area contributed by atoms with E-state index in [1.54, 1.807) is 14.2 Å². The van der Waals surface area contributed by atoms with Gasteiger partial charge in [0.2, 0.25) is 0 Å². The average Bonchev–Trinajstić information content (AvgIpc) is 3.08. The van der Waals surface area contributed by atoms with E-state index >= 15 is 0 Å². The molecule has 6 rings (SSSR count). The first-order chi connectivity index (χ1) is 20.6. The highest BCUT2D eigenvalue weighted by molar-refractivity contribution is 6.16. The van der Waals surface area contributed by atoms with Crippen LogP contribution in [0.3, 0.4) is 0 Å². The number of ether oxygens (including phenoxy) is 2. The average molecular weight is 561 g/mol. The number of anilines is 2. The Morgan fingerprint density at radius 2 is 0.905 bits per heavy atom. The molecule has 2 fully saturated rings. The van der Waals surface area contributed by atoms with Crippen LogP contribution in [0.1, 0.15) is 54.4 Å². The molecule has 42 heavy (non-hydrogen) atoms. The minimum absolute atomic E-state index is 0.0297. The number of rotatable bonds is 8. The van der Waals surface area contributed by atoms with Gasteiger partial charge >= 0.3 is 0 Å². The van der Waals surface area contributed by atoms with Gasteiger partial charge in [0, 0.05) is 48.7 Å². The van der Waals surface area contributed by atoms with E-state index in [1.165, 1.54) is 49.9 Å². The number of carbonyl (C=O) groups is 1. The molecule has 5 heteroatoms. The fourth-order valence-corrected chi connectivity index (χ4v) is 6.32. The fourth-order valence-electron chi connectivity index (χ4n) is 6.32. The lowest BCUT2D eigenvalue weighted by Crippen LogP contribution is -2.29. The first kappa shape index (κ1) is 27.9. The van der Waals surface area contributed by atoms with Gasteiger partial charge in [-0.25, -0.2) is 0 Å². The highest BCUT2D eigenvalue weighted by atomic mass is 16.5. The molecule has 0 saturated carbocycles. The number of carbonyl (C=O) groups excluding carboxylic acids is 1. The summed E-state index contributed by atoms with van der Waals surface area (Å²) in [7, 11) is 3.35. The predicted octanol–water partition coefficient (Wildman–Crippen LogP) is 8.25. The quantitative estimate of drug-likeness (QED) is 0.203. The summed E-state index contributed by atoms with van der Waals surface area (Å²) in [6.07, 6.45) is 7.36. The van der Waals surface area contributed by atoms with E-state index in [0.29, 0.717) is 11.1 Å². The molecule has 0 radical (unpaired) electrons. The Bertz CT molecular complexity index is 1400. The van der Waals surface area contributed by atoms with E-state index in [2.05, 4.69) is 58.3 Å². The van der Waals surface area contributed by atoms with Crippen molar-refractivity contribution >= 4 is 17.2 Å². The van der Waals surface area contributed by atoms with Crippen molar-refractivity contribution in [2.24, 2.45) is 0 Å². The number of piperidine rings is 2. The van der Waals surface area contributed by atoms with Crippen molar-refractivity contribution in [1.29, 1.82) is 0 Å². The first-order valence-corrected chi connectivity index (χ1v) is 15.3. The molecule has 0 aliphatic carbocycles. The normalized spacial score (nSPS) is 15.4. The summed E-state index contributed by atoms with van der Waals surface area (Å²) in [5.74, 6) is 1.63. The molecule has 0 unspecified atom stereocenters. The first-order valence-electron chi connectivity index (χ1n) is 15.3. The van der Waals surface area contributed by atoms with Crippen molar-refractivity contribution in [2.75, 3.05) is 50.2 Å². The van der Waals surface area contributed by atoms with Gasteiger partial charge < -0.3 is 19.3 Å². The Kier molecular flexibility index (Phi) is 8.45. The molecule has 0 N–H and O–H groups in total. The molecule has 2 heterocycles. The fraction of sp³-hybridized carbons (Fsp3) is 0.324. The molecular formula is C37H40N2O3. The largest absolute Gasteiger partial charge is 0.497 e. The molecule has 5 nitrogen and oxygen atoms in total. The standard InChI is InChI=1S/C37H40N2O3/c1-41-31-15-9-27(10-16-31)35-25-29(38-21-5-3-6-22-38)13-19-33(35)37(40)34-20-14-30(39-23-7-4-8-24-39)26-36(34)28-11-17-32(42-2)18-12-28/h9-20,25-26H,3-8,21-24H2,1-2H3. The summed E-state index contributed by atoms with van der Waals surface area (Å²) >= 11 is 0. The summed E-state index contributed by atoms with van der Waals surface area (Å²) in [6, 6.07) is 28.8.